The van der Waals surface area contributed by atoms with Crippen molar-refractivity contribution in [2.24, 2.45) is 5.73 Å². The van der Waals surface area contributed by atoms with E-state index in [4.69, 9.17) is 15.5 Å². The second kappa shape index (κ2) is 11.1. The van der Waals surface area contributed by atoms with Gasteiger partial charge in [0, 0.05) is 24.0 Å². The first kappa shape index (κ1) is 25.2. The molecule has 0 spiro atoms. The van der Waals surface area contributed by atoms with Gasteiger partial charge >= 0.3 is 6.09 Å². The quantitative estimate of drug-likeness (QED) is 0.437. The highest BCUT2D eigenvalue weighted by molar-refractivity contribution is 5.97. The van der Waals surface area contributed by atoms with E-state index in [-0.39, 0.29) is 12.3 Å². The molecule has 0 aliphatic carbocycles. The Kier molecular flexibility index (Phi) is 8.23. The van der Waals surface area contributed by atoms with Crippen LogP contribution in [0.2, 0.25) is 0 Å². The first-order valence-corrected chi connectivity index (χ1v) is 11.6. The third-order valence-corrected chi connectivity index (χ3v) is 5.36. The molecule has 1 unspecified atom stereocenters. The lowest BCUT2D eigenvalue weighted by Crippen LogP contribution is -2.49. The van der Waals surface area contributed by atoms with Crippen molar-refractivity contribution in [3.8, 4) is 11.1 Å². The van der Waals surface area contributed by atoms with Gasteiger partial charge in [-0.05, 0) is 63.4 Å². The molecule has 1 heterocycles. The SMILES string of the molecule is Cc1nc2ccccc2c(-c2ccccc2)c1CC(NC(=O)OC(C)(C)C)C(=O)NCCCN. The smallest absolute Gasteiger partial charge is 0.408 e. The number of hydrogen-bond acceptors (Lipinski definition) is 5. The predicted molar refractivity (Wildman–Crippen MR) is 135 cm³/mol. The molecule has 0 radical (unpaired) electrons. The summed E-state index contributed by atoms with van der Waals surface area (Å²) < 4.78 is 5.43. The molecule has 1 atom stereocenters. The Balaban J connectivity index is 2.04. The standard InChI is InChI=1S/C27H34N4O3/c1-18-21(17-23(25(32)29-16-10-15-28)31-26(33)34-27(2,3)4)24(19-11-6-5-7-12-19)20-13-8-9-14-22(20)30-18/h5-9,11-14,23H,10,15-17,28H2,1-4H3,(H,29,32)(H,31,33). The fourth-order valence-corrected chi connectivity index (χ4v) is 3.86. The van der Waals surface area contributed by atoms with Crippen LogP contribution in [0.1, 0.15) is 38.4 Å². The second-order valence-electron chi connectivity index (χ2n) is 9.27. The van der Waals surface area contributed by atoms with Crippen molar-refractivity contribution in [1.82, 2.24) is 15.6 Å². The molecule has 180 valence electrons. The highest BCUT2D eigenvalue weighted by atomic mass is 16.6. The van der Waals surface area contributed by atoms with Crippen molar-refractivity contribution < 1.29 is 14.3 Å². The van der Waals surface area contributed by atoms with E-state index >= 15 is 0 Å². The van der Waals surface area contributed by atoms with Gasteiger partial charge in [0.2, 0.25) is 5.91 Å². The normalized spacial score (nSPS) is 12.3. The van der Waals surface area contributed by atoms with E-state index in [0.717, 1.165) is 33.3 Å². The van der Waals surface area contributed by atoms with E-state index in [1.54, 1.807) is 20.8 Å². The van der Waals surface area contributed by atoms with E-state index in [1.165, 1.54) is 0 Å². The van der Waals surface area contributed by atoms with Gasteiger partial charge in [0.05, 0.1) is 5.52 Å². The lowest BCUT2D eigenvalue weighted by atomic mass is 9.90. The summed E-state index contributed by atoms with van der Waals surface area (Å²) in [6.45, 7) is 8.19. The number of nitrogens with zero attached hydrogens (tertiary/aromatic N) is 1. The summed E-state index contributed by atoms with van der Waals surface area (Å²) in [5, 5.41) is 6.64. The van der Waals surface area contributed by atoms with Crippen LogP contribution in [-0.4, -0.2) is 41.7 Å². The molecule has 34 heavy (non-hydrogen) atoms. The van der Waals surface area contributed by atoms with E-state index in [9.17, 15) is 9.59 Å². The summed E-state index contributed by atoms with van der Waals surface area (Å²) in [6, 6.07) is 17.1. The lowest BCUT2D eigenvalue weighted by molar-refractivity contribution is -0.123. The van der Waals surface area contributed by atoms with Crippen molar-refractivity contribution in [3.05, 3.63) is 65.9 Å². The molecule has 0 bridgehead atoms. The van der Waals surface area contributed by atoms with Crippen molar-refractivity contribution >= 4 is 22.9 Å². The Labute approximate surface area is 201 Å². The van der Waals surface area contributed by atoms with Crippen LogP contribution in [0.4, 0.5) is 4.79 Å². The fourth-order valence-electron chi connectivity index (χ4n) is 3.86. The highest BCUT2D eigenvalue weighted by Crippen LogP contribution is 2.33. The van der Waals surface area contributed by atoms with Crippen LogP contribution in [0.25, 0.3) is 22.0 Å². The number of nitrogens with one attached hydrogen (secondary N) is 2. The molecule has 3 rings (SSSR count). The van der Waals surface area contributed by atoms with Crippen LogP contribution in [0.3, 0.4) is 0 Å². The average molecular weight is 463 g/mol. The molecule has 7 nitrogen and oxygen atoms in total. The van der Waals surface area contributed by atoms with E-state index in [1.807, 2.05) is 61.5 Å². The van der Waals surface area contributed by atoms with Crippen molar-refractivity contribution in [3.63, 3.8) is 0 Å². The maximum absolute atomic E-state index is 13.1. The summed E-state index contributed by atoms with van der Waals surface area (Å²) in [4.78, 5) is 30.5. The van der Waals surface area contributed by atoms with Gasteiger partial charge in [-0.2, -0.15) is 0 Å². The Hall–Kier alpha value is -3.45. The minimum Gasteiger partial charge on any atom is -0.444 e. The molecule has 0 aliphatic heterocycles. The number of nitrogens with two attached hydrogens (primary N) is 1. The molecule has 3 aromatic rings. The average Bonchev–Trinajstić information content (AvgIpc) is 2.78. The number of rotatable bonds is 8. The van der Waals surface area contributed by atoms with Crippen LogP contribution in [0.15, 0.2) is 54.6 Å². The number of aromatic nitrogens is 1. The van der Waals surface area contributed by atoms with Crippen LogP contribution in [-0.2, 0) is 16.0 Å². The minimum atomic E-state index is -0.836. The molecular weight excluding hydrogens is 428 g/mol. The Morgan fingerprint density at radius 1 is 1.06 bits per heavy atom. The number of aryl methyl sites for hydroxylation is 1. The summed E-state index contributed by atoms with van der Waals surface area (Å²) >= 11 is 0. The topological polar surface area (TPSA) is 106 Å². The molecule has 0 saturated heterocycles. The van der Waals surface area contributed by atoms with E-state index in [2.05, 4.69) is 10.6 Å². The third kappa shape index (κ3) is 6.54. The Morgan fingerprint density at radius 2 is 1.74 bits per heavy atom. The Bertz CT molecular complexity index is 1140. The molecule has 0 fully saturated rings. The second-order valence-corrected chi connectivity index (χ2v) is 9.27. The number of amides is 2. The van der Waals surface area contributed by atoms with Gasteiger partial charge in [0.15, 0.2) is 0 Å². The molecule has 0 aliphatic rings. The zero-order valence-electron chi connectivity index (χ0n) is 20.4. The van der Waals surface area contributed by atoms with Crippen LogP contribution < -0.4 is 16.4 Å². The maximum Gasteiger partial charge on any atom is 0.408 e. The number of fused-ring (bicyclic) bond motifs is 1. The summed E-state index contributed by atoms with van der Waals surface area (Å²) in [7, 11) is 0. The number of carbonyl (C=O) groups is 2. The van der Waals surface area contributed by atoms with E-state index in [0.29, 0.717) is 19.5 Å². The van der Waals surface area contributed by atoms with Gasteiger partial charge < -0.3 is 21.1 Å². The first-order valence-electron chi connectivity index (χ1n) is 11.6. The number of alkyl carbamates (subject to hydrolysis) is 1. The van der Waals surface area contributed by atoms with Crippen LogP contribution >= 0.6 is 0 Å². The van der Waals surface area contributed by atoms with Crippen molar-refractivity contribution in [2.45, 2.75) is 52.2 Å². The minimum absolute atomic E-state index is 0.265. The first-order chi connectivity index (χ1) is 16.2. The monoisotopic (exact) mass is 462 g/mol. The van der Waals surface area contributed by atoms with Gasteiger partial charge in [-0.25, -0.2) is 4.79 Å². The van der Waals surface area contributed by atoms with Crippen LogP contribution in [0.5, 0.6) is 0 Å². The molecule has 1 aromatic heterocycles. The molecular formula is C27H34N4O3. The van der Waals surface area contributed by atoms with Gasteiger partial charge in [-0.15, -0.1) is 0 Å². The molecule has 4 N–H and O–H groups in total. The molecule has 2 amide bonds. The molecule has 0 saturated carbocycles. The zero-order chi connectivity index (χ0) is 24.7. The lowest BCUT2D eigenvalue weighted by Gasteiger charge is -2.25. The van der Waals surface area contributed by atoms with Gasteiger partial charge in [-0.1, -0.05) is 48.5 Å². The third-order valence-electron chi connectivity index (χ3n) is 5.36. The maximum atomic E-state index is 13.1. The predicted octanol–water partition coefficient (Wildman–Crippen LogP) is 4.11. The number of benzene rings is 2. The number of ether oxygens (including phenoxy) is 1. The van der Waals surface area contributed by atoms with Crippen LogP contribution in [0, 0.1) is 6.92 Å². The Morgan fingerprint density at radius 3 is 2.41 bits per heavy atom. The van der Waals surface area contributed by atoms with E-state index < -0.39 is 17.7 Å². The number of hydrogen-bond donors (Lipinski definition) is 3. The summed E-state index contributed by atoms with van der Waals surface area (Å²) in [5.41, 5.74) is 9.52. The number of para-hydroxylation sites is 1. The van der Waals surface area contributed by atoms with Gasteiger partial charge in [0.1, 0.15) is 11.6 Å². The summed E-state index contributed by atoms with van der Waals surface area (Å²) in [6.07, 6.45) is 0.275. The van der Waals surface area contributed by atoms with Crippen molar-refractivity contribution in [2.75, 3.05) is 13.1 Å². The largest absolute Gasteiger partial charge is 0.444 e. The van der Waals surface area contributed by atoms with Gasteiger partial charge in [-0.3, -0.25) is 9.78 Å². The van der Waals surface area contributed by atoms with Gasteiger partial charge in [0.25, 0.3) is 0 Å². The highest BCUT2D eigenvalue weighted by Gasteiger charge is 2.27. The molecule has 7 heteroatoms. The number of pyridine rings is 1. The number of carbonyl (C=O) groups excluding carboxylic acids is 2. The fraction of sp³-hybridized carbons (Fsp3) is 0.370. The van der Waals surface area contributed by atoms with Crippen molar-refractivity contribution in [1.29, 1.82) is 0 Å². The summed E-state index contributed by atoms with van der Waals surface area (Å²) in [5.74, 6) is -0.286. The zero-order valence-corrected chi connectivity index (χ0v) is 20.4. The molecule has 2 aromatic carbocycles.